The molecule has 5 heteroatoms. The number of hydrogen-bond donors (Lipinski definition) is 1. The fourth-order valence-corrected chi connectivity index (χ4v) is 3.66. The molecule has 2 amide bonds. The highest BCUT2D eigenvalue weighted by Crippen LogP contribution is 2.33. The number of anilines is 2. The van der Waals surface area contributed by atoms with E-state index in [4.69, 9.17) is 11.6 Å². The molecule has 1 atom stereocenters. The van der Waals surface area contributed by atoms with Crippen LogP contribution in [0.3, 0.4) is 0 Å². The average molecular weight is 385 g/mol. The quantitative estimate of drug-likeness (QED) is 0.814. The molecule has 1 heterocycles. The maximum absolute atomic E-state index is 12.9. The SMILES string of the molecule is Cc1c(Cl)cccc1N1CC(C(=O)Nc2ccccc2C(C)(C)C)CC1=O. The molecule has 1 aliphatic rings. The number of halogens is 1. The number of amides is 2. The molecule has 0 saturated carbocycles. The van der Waals surface area contributed by atoms with Crippen molar-refractivity contribution in [2.75, 3.05) is 16.8 Å². The Labute approximate surface area is 165 Å². The lowest BCUT2D eigenvalue weighted by Crippen LogP contribution is -2.29. The highest BCUT2D eigenvalue weighted by Gasteiger charge is 2.36. The van der Waals surface area contributed by atoms with Crippen molar-refractivity contribution in [1.29, 1.82) is 0 Å². The van der Waals surface area contributed by atoms with E-state index in [1.54, 1.807) is 11.0 Å². The molecule has 142 valence electrons. The van der Waals surface area contributed by atoms with E-state index in [2.05, 4.69) is 26.1 Å². The van der Waals surface area contributed by atoms with Crippen molar-refractivity contribution < 1.29 is 9.59 Å². The van der Waals surface area contributed by atoms with Crippen molar-refractivity contribution in [3.63, 3.8) is 0 Å². The van der Waals surface area contributed by atoms with Crippen LogP contribution in [-0.2, 0) is 15.0 Å². The molecule has 2 aromatic carbocycles. The van der Waals surface area contributed by atoms with E-state index in [0.717, 1.165) is 22.5 Å². The number of nitrogens with zero attached hydrogens (tertiary/aromatic N) is 1. The van der Waals surface area contributed by atoms with Gasteiger partial charge in [0.15, 0.2) is 0 Å². The summed E-state index contributed by atoms with van der Waals surface area (Å²) in [5.41, 5.74) is 3.42. The highest BCUT2D eigenvalue weighted by molar-refractivity contribution is 6.31. The monoisotopic (exact) mass is 384 g/mol. The fourth-order valence-electron chi connectivity index (χ4n) is 3.49. The van der Waals surface area contributed by atoms with Gasteiger partial charge in [-0.1, -0.05) is 56.6 Å². The van der Waals surface area contributed by atoms with Gasteiger partial charge in [0.25, 0.3) is 0 Å². The predicted octanol–water partition coefficient (Wildman–Crippen LogP) is 4.94. The van der Waals surface area contributed by atoms with E-state index >= 15 is 0 Å². The van der Waals surface area contributed by atoms with Crippen molar-refractivity contribution in [3.8, 4) is 0 Å². The van der Waals surface area contributed by atoms with Gasteiger partial charge in [0.2, 0.25) is 11.8 Å². The molecule has 0 bridgehead atoms. The van der Waals surface area contributed by atoms with Crippen LogP contribution in [0.15, 0.2) is 42.5 Å². The standard InChI is InChI=1S/C22H25ClN2O2/c1-14-17(23)9-7-11-19(14)25-13-15(12-20(25)26)21(27)24-18-10-6-5-8-16(18)22(2,3)4/h5-11,15H,12-13H2,1-4H3,(H,24,27). The minimum absolute atomic E-state index is 0.0513. The number of nitrogens with one attached hydrogen (secondary N) is 1. The lowest BCUT2D eigenvalue weighted by molar-refractivity contribution is -0.122. The Morgan fingerprint density at radius 2 is 1.85 bits per heavy atom. The van der Waals surface area contributed by atoms with Crippen LogP contribution in [0.4, 0.5) is 11.4 Å². The number of hydrogen-bond acceptors (Lipinski definition) is 2. The summed E-state index contributed by atoms with van der Waals surface area (Å²) in [6, 6.07) is 13.3. The van der Waals surface area contributed by atoms with Gasteiger partial charge in [-0.2, -0.15) is 0 Å². The second kappa shape index (κ2) is 7.35. The van der Waals surface area contributed by atoms with Crippen molar-refractivity contribution >= 4 is 34.8 Å². The van der Waals surface area contributed by atoms with Gasteiger partial charge < -0.3 is 10.2 Å². The molecule has 0 radical (unpaired) electrons. The van der Waals surface area contributed by atoms with E-state index in [9.17, 15) is 9.59 Å². The minimum Gasteiger partial charge on any atom is -0.326 e. The van der Waals surface area contributed by atoms with E-state index in [1.807, 2.05) is 43.3 Å². The molecule has 0 aliphatic carbocycles. The second-order valence-electron chi connectivity index (χ2n) is 8.07. The van der Waals surface area contributed by atoms with Crippen LogP contribution in [0.2, 0.25) is 5.02 Å². The number of benzene rings is 2. The average Bonchev–Trinajstić information content (AvgIpc) is 2.99. The molecule has 3 rings (SSSR count). The highest BCUT2D eigenvalue weighted by atomic mass is 35.5. The molecule has 27 heavy (non-hydrogen) atoms. The molecule has 4 nitrogen and oxygen atoms in total. The van der Waals surface area contributed by atoms with Crippen LogP contribution in [0, 0.1) is 12.8 Å². The summed E-state index contributed by atoms with van der Waals surface area (Å²) in [5, 5.41) is 3.65. The summed E-state index contributed by atoms with van der Waals surface area (Å²) >= 11 is 6.19. The van der Waals surface area contributed by atoms with E-state index in [-0.39, 0.29) is 29.6 Å². The smallest absolute Gasteiger partial charge is 0.229 e. The number of para-hydroxylation sites is 1. The summed E-state index contributed by atoms with van der Waals surface area (Å²) < 4.78 is 0. The second-order valence-corrected chi connectivity index (χ2v) is 8.48. The van der Waals surface area contributed by atoms with Gasteiger partial charge in [-0.05, 0) is 41.7 Å². The van der Waals surface area contributed by atoms with Crippen LogP contribution in [0.1, 0.15) is 38.3 Å². The number of carbonyl (C=O) groups is 2. The maximum Gasteiger partial charge on any atom is 0.229 e. The zero-order chi connectivity index (χ0) is 19.8. The number of carbonyl (C=O) groups excluding carboxylic acids is 2. The molecule has 2 aromatic rings. The molecule has 1 N–H and O–H groups in total. The van der Waals surface area contributed by atoms with Crippen molar-refractivity contribution in [3.05, 3.63) is 58.6 Å². The van der Waals surface area contributed by atoms with Gasteiger partial charge in [-0.3, -0.25) is 9.59 Å². The van der Waals surface area contributed by atoms with Gasteiger partial charge in [-0.15, -0.1) is 0 Å². The maximum atomic E-state index is 12.9. The van der Waals surface area contributed by atoms with Crippen LogP contribution in [0.25, 0.3) is 0 Å². The van der Waals surface area contributed by atoms with Crippen molar-refractivity contribution in [2.45, 2.75) is 39.5 Å². The van der Waals surface area contributed by atoms with Gasteiger partial charge in [-0.25, -0.2) is 0 Å². The lowest BCUT2D eigenvalue weighted by atomic mass is 9.85. The Bertz CT molecular complexity index is 886. The molecule has 1 saturated heterocycles. The van der Waals surface area contributed by atoms with Crippen LogP contribution in [-0.4, -0.2) is 18.4 Å². The summed E-state index contributed by atoms with van der Waals surface area (Å²) in [5.74, 6) is -0.559. The van der Waals surface area contributed by atoms with Crippen molar-refractivity contribution in [1.82, 2.24) is 0 Å². The summed E-state index contributed by atoms with van der Waals surface area (Å²) in [6.45, 7) is 8.59. The van der Waals surface area contributed by atoms with Gasteiger partial charge in [0.05, 0.1) is 5.92 Å². The van der Waals surface area contributed by atoms with E-state index in [0.29, 0.717) is 11.6 Å². The number of rotatable bonds is 3. The molecule has 1 aliphatic heterocycles. The summed E-state index contributed by atoms with van der Waals surface area (Å²) in [4.78, 5) is 27.1. The Kier molecular flexibility index (Phi) is 5.29. The van der Waals surface area contributed by atoms with Crippen molar-refractivity contribution in [2.24, 2.45) is 5.92 Å². The molecule has 1 unspecified atom stereocenters. The third-order valence-electron chi connectivity index (χ3n) is 5.02. The Hall–Kier alpha value is -2.33. The first-order valence-corrected chi connectivity index (χ1v) is 9.52. The largest absolute Gasteiger partial charge is 0.326 e. The first-order chi connectivity index (χ1) is 12.7. The van der Waals surface area contributed by atoms with Gasteiger partial charge >= 0.3 is 0 Å². The normalized spacial score (nSPS) is 17.3. The summed E-state index contributed by atoms with van der Waals surface area (Å²) in [6.07, 6.45) is 0.204. The van der Waals surface area contributed by atoms with E-state index < -0.39 is 0 Å². The Morgan fingerprint density at radius 3 is 2.56 bits per heavy atom. The fraction of sp³-hybridized carbons (Fsp3) is 0.364. The lowest BCUT2D eigenvalue weighted by Gasteiger charge is -2.24. The zero-order valence-corrected chi connectivity index (χ0v) is 16.9. The van der Waals surface area contributed by atoms with Crippen LogP contribution in [0.5, 0.6) is 0 Å². The van der Waals surface area contributed by atoms with E-state index in [1.165, 1.54) is 0 Å². The third kappa shape index (κ3) is 4.01. The predicted molar refractivity (Wildman–Crippen MR) is 110 cm³/mol. The third-order valence-corrected chi connectivity index (χ3v) is 5.43. The van der Waals surface area contributed by atoms with Crippen LogP contribution < -0.4 is 10.2 Å². The Balaban J connectivity index is 1.78. The molecule has 0 aromatic heterocycles. The molecular weight excluding hydrogens is 360 g/mol. The molecule has 1 fully saturated rings. The van der Waals surface area contributed by atoms with Gasteiger partial charge in [0, 0.05) is 29.4 Å². The first kappa shape index (κ1) is 19.4. The van der Waals surface area contributed by atoms with Crippen LogP contribution >= 0.6 is 11.6 Å². The topological polar surface area (TPSA) is 49.4 Å². The van der Waals surface area contributed by atoms with Gasteiger partial charge in [0.1, 0.15) is 0 Å². The zero-order valence-electron chi connectivity index (χ0n) is 16.2. The molecule has 0 spiro atoms. The first-order valence-electron chi connectivity index (χ1n) is 9.14. The molecular formula is C22H25ClN2O2. The summed E-state index contributed by atoms with van der Waals surface area (Å²) in [7, 11) is 0. The Morgan fingerprint density at radius 1 is 1.15 bits per heavy atom. The minimum atomic E-state index is -0.385.